The second-order valence-electron chi connectivity index (χ2n) is 2.58. The summed E-state index contributed by atoms with van der Waals surface area (Å²) in [5.41, 5.74) is 0. The lowest BCUT2D eigenvalue weighted by Crippen LogP contribution is -2.23. The van der Waals surface area contributed by atoms with Crippen molar-refractivity contribution < 1.29 is 0 Å². The summed E-state index contributed by atoms with van der Waals surface area (Å²) in [4.78, 5) is 4.28. The van der Waals surface area contributed by atoms with E-state index in [-0.39, 0.29) is 0 Å². The Bertz CT molecular complexity index is 395. The van der Waals surface area contributed by atoms with Gasteiger partial charge in [-0.3, -0.25) is 4.99 Å². The predicted octanol–water partition coefficient (Wildman–Crippen LogP) is 1.17. The van der Waals surface area contributed by atoms with Crippen molar-refractivity contribution in [3.8, 4) is 0 Å². The van der Waals surface area contributed by atoms with Gasteiger partial charge in [0.05, 0.1) is 5.36 Å². The maximum absolute atomic E-state index is 4.28. The molecule has 1 aromatic rings. The first-order valence-corrected chi connectivity index (χ1v) is 3.93. The first-order chi connectivity index (χ1) is 5.97. The minimum atomic E-state index is 1.03. The highest BCUT2D eigenvalue weighted by Gasteiger charge is 1.83. The third-order valence-corrected chi connectivity index (χ3v) is 1.73. The molecule has 0 radical (unpaired) electrons. The monoisotopic (exact) mass is 155 g/mol. The summed E-state index contributed by atoms with van der Waals surface area (Å²) in [5, 5.41) is 2.19. The molecule has 1 aliphatic heterocycles. The van der Waals surface area contributed by atoms with E-state index in [0.29, 0.717) is 0 Å². The van der Waals surface area contributed by atoms with E-state index in [0.717, 1.165) is 10.6 Å². The van der Waals surface area contributed by atoms with E-state index in [4.69, 9.17) is 0 Å². The van der Waals surface area contributed by atoms with Gasteiger partial charge in [0.25, 0.3) is 0 Å². The molecule has 0 bridgehead atoms. The zero-order chi connectivity index (χ0) is 8.23. The van der Waals surface area contributed by atoms with Gasteiger partial charge >= 0.3 is 0 Å². The van der Waals surface area contributed by atoms with Gasteiger partial charge in [0.15, 0.2) is 0 Å². The zero-order valence-corrected chi connectivity index (χ0v) is 6.64. The van der Waals surface area contributed by atoms with Gasteiger partial charge in [0.1, 0.15) is 0 Å². The van der Waals surface area contributed by atoms with Crippen molar-refractivity contribution in [1.82, 2.24) is 0 Å². The van der Waals surface area contributed by atoms with Gasteiger partial charge in [-0.2, -0.15) is 0 Å². The van der Waals surface area contributed by atoms with Crippen LogP contribution in [0.5, 0.6) is 0 Å². The second-order valence-corrected chi connectivity index (χ2v) is 2.58. The number of para-hydroxylation sites is 1. The molecule has 1 aromatic carbocycles. The summed E-state index contributed by atoms with van der Waals surface area (Å²) in [6.45, 7) is 0. The van der Waals surface area contributed by atoms with Crippen LogP contribution in [-0.4, -0.2) is 0 Å². The molecule has 0 N–H and O–H groups in total. The van der Waals surface area contributed by atoms with Crippen LogP contribution in [0.15, 0.2) is 53.7 Å². The maximum Gasteiger partial charge on any atom is 0.0701 e. The average molecular weight is 155 g/mol. The summed E-state index contributed by atoms with van der Waals surface area (Å²) in [7, 11) is 0. The van der Waals surface area contributed by atoms with Crippen molar-refractivity contribution in [3.05, 3.63) is 59.3 Å². The number of rotatable bonds is 0. The quantitative estimate of drug-likeness (QED) is 0.533. The van der Waals surface area contributed by atoms with Gasteiger partial charge in [-0.25, -0.2) is 0 Å². The summed E-state index contributed by atoms with van der Waals surface area (Å²) in [6, 6.07) is 8.08. The van der Waals surface area contributed by atoms with Crippen LogP contribution in [-0.2, 0) is 0 Å². The van der Waals surface area contributed by atoms with Crippen LogP contribution in [0.3, 0.4) is 0 Å². The number of hydrogen-bond donors (Lipinski definition) is 0. The van der Waals surface area contributed by atoms with Gasteiger partial charge in [-0.15, -0.1) is 0 Å². The van der Waals surface area contributed by atoms with Crippen molar-refractivity contribution in [2.45, 2.75) is 0 Å². The van der Waals surface area contributed by atoms with Crippen LogP contribution in [0.25, 0.3) is 6.08 Å². The average Bonchev–Trinajstić information content (AvgIpc) is 2.06. The Morgan fingerprint density at radius 1 is 0.917 bits per heavy atom. The van der Waals surface area contributed by atoms with E-state index in [1.807, 2.05) is 42.6 Å². The van der Waals surface area contributed by atoms with Crippen molar-refractivity contribution in [1.29, 1.82) is 0 Å². The van der Waals surface area contributed by atoms with E-state index >= 15 is 0 Å². The van der Waals surface area contributed by atoms with E-state index in [2.05, 4.69) is 17.1 Å². The molecule has 0 saturated heterocycles. The fraction of sp³-hybridized carbons (Fsp3) is 0. The Morgan fingerprint density at radius 2 is 1.83 bits per heavy atom. The Balaban J connectivity index is 2.80. The zero-order valence-electron chi connectivity index (χ0n) is 6.64. The molecule has 0 spiro atoms. The Hall–Kier alpha value is -1.63. The highest BCUT2D eigenvalue weighted by molar-refractivity contribution is 5.38. The molecule has 58 valence electrons. The van der Waals surface area contributed by atoms with Crippen molar-refractivity contribution in [2.75, 3.05) is 0 Å². The van der Waals surface area contributed by atoms with Crippen LogP contribution in [0.4, 0.5) is 0 Å². The largest absolute Gasteiger partial charge is 0.256 e. The number of benzene rings is 1. The molecule has 0 saturated carbocycles. The first kappa shape index (κ1) is 7.04. The van der Waals surface area contributed by atoms with E-state index in [1.165, 1.54) is 0 Å². The van der Waals surface area contributed by atoms with Crippen molar-refractivity contribution in [3.63, 3.8) is 0 Å². The first-order valence-electron chi connectivity index (χ1n) is 3.93. The molecule has 1 aliphatic rings. The molecule has 12 heavy (non-hydrogen) atoms. The lowest BCUT2D eigenvalue weighted by molar-refractivity contribution is 1.30. The summed E-state index contributed by atoms with van der Waals surface area (Å²) in [5.74, 6) is 0. The lowest BCUT2D eigenvalue weighted by Gasteiger charge is -1.88. The molecule has 0 atom stereocenters. The number of hydrogen-bond acceptors (Lipinski definition) is 1. The molecule has 1 heteroatoms. The molecular weight excluding hydrogens is 146 g/mol. The topological polar surface area (TPSA) is 12.4 Å². The van der Waals surface area contributed by atoms with Gasteiger partial charge in [-0.05, 0) is 12.1 Å². The summed E-state index contributed by atoms with van der Waals surface area (Å²) in [6.07, 6.45) is 9.78. The van der Waals surface area contributed by atoms with Crippen LogP contribution in [0.2, 0.25) is 0 Å². The third-order valence-electron chi connectivity index (χ3n) is 1.73. The van der Waals surface area contributed by atoms with Crippen LogP contribution in [0.1, 0.15) is 0 Å². The molecular formula is C11H9N. The number of allylic oxidation sites excluding steroid dienone is 3. The number of fused-ring (bicyclic) bond motifs is 1. The molecule has 0 unspecified atom stereocenters. The second kappa shape index (κ2) is 3.18. The third kappa shape index (κ3) is 1.35. The SMILES string of the molecule is C1=C\C=c2/cccc/c2=N/C=C/1. The summed E-state index contributed by atoms with van der Waals surface area (Å²) < 4.78 is 0. The van der Waals surface area contributed by atoms with Crippen molar-refractivity contribution >= 4 is 6.08 Å². The molecule has 0 aromatic heterocycles. The Morgan fingerprint density at radius 3 is 2.83 bits per heavy atom. The normalized spacial score (nSPS) is 24.7. The van der Waals surface area contributed by atoms with Gasteiger partial charge in [0.2, 0.25) is 0 Å². The molecule has 2 rings (SSSR count). The minimum Gasteiger partial charge on any atom is -0.256 e. The van der Waals surface area contributed by atoms with E-state index in [1.54, 1.807) is 0 Å². The highest BCUT2D eigenvalue weighted by Crippen LogP contribution is 1.82. The van der Waals surface area contributed by atoms with Crippen molar-refractivity contribution in [2.24, 2.45) is 4.99 Å². The Kier molecular flexibility index (Phi) is 1.87. The lowest BCUT2D eigenvalue weighted by atomic mass is 10.2. The Labute approximate surface area is 71.1 Å². The number of nitrogens with zero attached hydrogens (tertiary/aromatic N) is 1. The smallest absolute Gasteiger partial charge is 0.0701 e. The van der Waals surface area contributed by atoms with Crippen LogP contribution >= 0.6 is 0 Å². The standard InChI is InChI=1S/C11H9N/c1-2-6-10-7-3-4-8-11(10)12-9-5-1/h1-9H/b2-1-,5-1?,6-2?,9-5+,10-6+,12-9?,12-11-. The molecule has 0 aliphatic carbocycles. The van der Waals surface area contributed by atoms with Crippen LogP contribution < -0.4 is 10.6 Å². The highest BCUT2D eigenvalue weighted by atomic mass is 14.7. The summed E-state index contributed by atoms with van der Waals surface area (Å²) >= 11 is 0. The maximum atomic E-state index is 4.28. The fourth-order valence-electron chi connectivity index (χ4n) is 1.14. The van der Waals surface area contributed by atoms with E-state index in [9.17, 15) is 0 Å². The fourth-order valence-corrected chi connectivity index (χ4v) is 1.14. The van der Waals surface area contributed by atoms with Crippen LogP contribution in [0, 0.1) is 0 Å². The van der Waals surface area contributed by atoms with Gasteiger partial charge in [0, 0.05) is 11.4 Å². The molecule has 0 fully saturated rings. The minimum absolute atomic E-state index is 1.03. The van der Waals surface area contributed by atoms with Gasteiger partial charge in [-0.1, -0.05) is 36.4 Å². The van der Waals surface area contributed by atoms with E-state index < -0.39 is 0 Å². The van der Waals surface area contributed by atoms with Gasteiger partial charge < -0.3 is 0 Å². The predicted molar refractivity (Wildman–Crippen MR) is 50.0 cm³/mol. The molecule has 1 heterocycles. The molecule has 1 nitrogen and oxygen atoms in total. The molecule has 0 amide bonds.